The molecule has 0 fully saturated rings. The minimum atomic E-state index is -0.0184. The van der Waals surface area contributed by atoms with Crippen LogP contribution in [0.15, 0.2) is 0 Å². The average molecular weight is 362 g/mol. The van der Waals surface area contributed by atoms with E-state index in [1.54, 1.807) is 0 Å². The molecule has 0 aromatic rings. The molecule has 0 aliphatic carbocycles. The van der Waals surface area contributed by atoms with Gasteiger partial charge in [0.05, 0.1) is 12.2 Å². The Morgan fingerprint density at radius 1 is 0.720 bits per heavy atom. The highest BCUT2D eigenvalue weighted by molar-refractivity contribution is 5.50. The van der Waals surface area contributed by atoms with Crippen LogP contribution in [0.3, 0.4) is 0 Å². The van der Waals surface area contributed by atoms with E-state index in [0.717, 1.165) is 38.3 Å². The fourth-order valence-electron chi connectivity index (χ4n) is 2.32. The van der Waals surface area contributed by atoms with Crippen LogP contribution in [-0.2, 0) is 33.3 Å². The molecule has 0 aromatic carbocycles. The Kier molecular flexibility index (Phi) is 18.8. The summed E-state index contributed by atoms with van der Waals surface area (Å²) in [5, 5.41) is 0. The predicted octanol–water partition coefficient (Wildman–Crippen LogP) is 2.50. The fraction of sp³-hybridized carbons (Fsp3) is 0.889. The predicted molar refractivity (Wildman–Crippen MR) is 93.4 cm³/mol. The Balaban J connectivity index is 3.38. The molecule has 0 rings (SSSR count). The summed E-state index contributed by atoms with van der Waals surface area (Å²) in [6, 6.07) is 0. The summed E-state index contributed by atoms with van der Waals surface area (Å²) in [5.41, 5.74) is 0. The molecule has 0 heterocycles. The van der Waals surface area contributed by atoms with Gasteiger partial charge in [-0.3, -0.25) is 0 Å². The van der Waals surface area contributed by atoms with Crippen molar-refractivity contribution in [2.24, 2.45) is 0 Å². The highest BCUT2D eigenvalue weighted by Crippen LogP contribution is 2.07. The first-order valence-corrected chi connectivity index (χ1v) is 9.12. The number of hydrogen-bond acceptors (Lipinski definition) is 7. The third-order valence-corrected chi connectivity index (χ3v) is 3.49. The lowest BCUT2D eigenvalue weighted by molar-refractivity contribution is -0.133. The van der Waals surface area contributed by atoms with Crippen LogP contribution in [0.1, 0.15) is 52.4 Å². The van der Waals surface area contributed by atoms with Crippen LogP contribution in [0.2, 0.25) is 0 Å². The molecule has 0 bridgehead atoms. The summed E-state index contributed by atoms with van der Waals surface area (Å²) in [5.74, 6) is 0. The number of carbonyl (C=O) groups excluding carboxylic acids is 2. The van der Waals surface area contributed by atoms with E-state index in [1.165, 1.54) is 0 Å². The molecular formula is C18H34O7. The molecule has 0 saturated carbocycles. The van der Waals surface area contributed by atoms with Crippen LogP contribution < -0.4 is 0 Å². The van der Waals surface area contributed by atoms with Gasteiger partial charge in [-0.25, -0.2) is 0 Å². The van der Waals surface area contributed by atoms with Gasteiger partial charge in [-0.15, -0.1) is 0 Å². The van der Waals surface area contributed by atoms with Gasteiger partial charge in [0.15, 0.2) is 0 Å². The largest absolute Gasteiger partial charge is 0.378 e. The number of ether oxygens (including phenoxy) is 5. The third-order valence-electron chi connectivity index (χ3n) is 3.49. The van der Waals surface area contributed by atoms with Crippen LogP contribution in [-0.4, -0.2) is 64.8 Å². The van der Waals surface area contributed by atoms with Crippen LogP contribution in [0.25, 0.3) is 0 Å². The molecule has 0 saturated heterocycles. The Labute approximate surface area is 151 Å². The second kappa shape index (κ2) is 19.5. The second-order valence-electron chi connectivity index (χ2n) is 5.50. The van der Waals surface area contributed by atoms with E-state index in [0.29, 0.717) is 39.3 Å². The Morgan fingerprint density at radius 2 is 1.16 bits per heavy atom. The molecule has 0 N–H and O–H groups in total. The van der Waals surface area contributed by atoms with Crippen LogP contribution in [0, 0.1) is 0 Å². The molecule has 0 amide bonds. The summed E-state index contributed by atoms with van der Waals surface area (Å²) in [7, 11) is 0. The number of hydrogen-bond donors (Lipinski definition) is 0. The maximum atomic E-state index is 10.5. The van der Waals surface area contributed by atoms with Gasteiger partial charge in [0, 0.05) is 39.3 Å². The zero-order valence-electron chi connectivity index (χ0n) is 15.7. The van der Waals surface area contributed by atoms with Crippen molar-refractivity contribution in [2.75, 3.05) is 40.0 Å². The number of rotatable bonds is 20. The average Bonchev–Trinajstić information content (AvgIpc) is 2.60. The van der Waals surface area contributed by atoms with E-state index in [-0.39, 0.29) is 25.8 Å². The standard InChI is InChI=1S/C18H34O7/c1-3-24-17(9-11-19)7-5-13-21-15-23-16-22-14-6-8-18(10-12-20)25-4-2/h11-12,17-18H,3-10,13-16H2,1-2H3. The monoisotopic (exact) mass is 362 g/mol. The quantitative estimate of drug-likeness (QED) is 0.187. The second-order valence-corrected chi connectivity index (χ2v) is 5.50. The van der Waals surface area contributed by atoms with Gasteiger partial charge in [-0.1, -0.05) is 0 Å². The first-order valence-electron chi connectivity index (χ1n) is 9.12. The van der Waals surface area contributed by atoms with Crippen molar-refractivity contribution in [2.45, 2.75) is 64.6 Å². The minimum absolute atomic E-state index is 0.0184. The van der Waals surface area contributed by atoms with Crippen molar-refractivity contribution >= 4 is 12.6 Å². The molecule has 0 aliphatic rings. The van der Waals surface area contributed by atoms with Gasteiger partial charge in [-0.05, 0) is 39.5 Å². The Hall–Kier alpha value is -0.860. The molecule has 148 valence electrons. The van der Waals surface area contributed by atoms with Crippen LogP contribution in [0.5, 0.6) is 0 Å². The SMILES string of the molecule is CCOC(CC=O)CCCOCOCOCCCC(CC=O)OCC. The molecule has 25 heavy (non-hydrogen) atoms. The first kappa shape index (κ1) is 24.1. The molecule has 0 radical (unpaired) electrons. The summed E-state index contributed by atoms with van der Waals surface area (Å²) >= 11 is 0. The molecule has 0 spiro atoms. The fourth-order valence-corrected chi connectivity index (χ4v) is 2.32. The van der Waals surface area contributed by atoms with E-state index >= 15 is 0 Å². The van der Waals surface area contributed by atoms with Crippen molar-refractivity contribution in [3.63, 3.8) is 0 Å². The highest BCUT2D eigenvalue weighted by atomic mass is 16.7. The van der Waals surface area contributed by atoms with Crippen molar-refractivity contribution < 1.29 is 33.3 Å². The molecule has 7 heteroatoms. The summed E-state index contributed by atoms with van der Waals surface area (Å²) in [4.78, 5) is 21.0. The molecule has 7 nitrogen and oxygen atoms in total. The molecule has 2 unspecified atom stereocenters. The van der Waals surface area contributed by atoms with Crippen molar-refractivity contribution in [3.8, 4) is 0 Å². The maximum Gasteiger partial charge on any atom is 0.149 e. The first-order chi connectivity index (χ1) is 12.3. The normalized spacial score (nSPS) is 13.5. The Bertz CT molecular complexity index is 271. The number of carbonyl (C=O) groups is 2. The topological polar surface area (TPSA) is 80.3 Å². The van der Waals surface area contributed by atoms with Crippen LogP contribution >= 0.6 is 0 Å². The van der Waals surface area contributed by atoms with Crippen LogP contribution in [0.4, 0.5) is 0 Å². The van der Waals surface area contributed by atoms with Gasteiger partial charge in [0.1, 0.15) is 26.2 Å². The zero-order chi connectivity index (χ0) is 18.6. The molecule has 2 atom stereocenters. The zero-order valence-corrected chi connectivity index (χ0v) is 15.7. The van der Waals surface area contributed by atoms with E-state index in [1.807, 2.05) is 13.8 Å². The maximum absolute atomic E-state index is 10.5. The van der Waals surface area contributed by atoms with Gasteiger partial charge in [0.25, 0.3) is 0 Å². The summed E-state index contributed by atoms with van der Waals surface area (Å²) in [6.45, 7) is 6.54. The molecular weight excluding hydrogens is 328 g/mol. The smallest absolute Gasteiger partial charge is 0.149 e. The van der Waals surface area contributed by atoms with E-state index in [4.69, 9.17) is 23.7 Å². The number of aldehydes is 2. The van der Waals surface area contributed by atoms with Crippen molar-refractivity contribution in [1.29, 1.82) is 0 Å². The minimum Gasteiger partial charge on any atom is -0.378 e. The Morgan fingerprint density at radius 3 is 1.52 bits per heavy atom. The molecule has 0 aromatic heterocycles. The third kappa shape index (κ3) is 16.4. The lowest BCUT2D eigenvalue weighted by Crippen LogP contribution is -2.15. The van der Waals surface area contributed by atoms with E-state index in [2.05, 4.69) is 0 Å². The van der Waals surface area contributed by atoms with E-state index < -0.39 is 0 Å². The van der Waals surface area contributed by atoms with Gasteiger partial charge < -0.3 is 33.3 Å². The highest BCUT2D eigenvalue weighted by Gasteiger charge is 2.08. The summed E-state index contributed by atoms with van der Waals surface area (Å²) in [6.07, 6.45) is 5.82. The van der Waals surface area contributed by atoms with Gasteiger partial charge >= 0.3 is 0 Å². The van der Waals surface area contributed by atoms with Gasteiger partial charge in [-0.2, -0.15) is 0 Å². The van der Waals surface area contributed by atoms with Crippen molar-refractivity contribution in [3.05, 3.63) is 0 Å². The van der Waals surface area contributed by atoms with Crippen molar-refractivity contribution in [1.82, 2.24) is 0 Å². The lowest BCUT2D eigenvalue weighted by atomic mass is 10.1. The van der Waals surface area contributed by atoms with E-state index in [9.17, 15) is 9.59 Å². The lowest BCUT2D eigenvalue weighted by Gasteiger charge is -2.14. The summed E-state index contributed by atoms with van der Waals surface area (Å²) < 4.78 is 26.8. The van der Waals surface area contributed by atoms with Gasteiger partial charge in [0.2, 0.25) is 0 Å². The molecule has 0 aliphatic heterocycles.